The molecule has 5 heteroatoms. The number of thioether (sulfide) groups is 1. The Morgan fingerprint density at radius 1 is 1.59 bits per heavy atom. The molecule has 0 saturated heterocycles. The molecule has 1 unspecified atom stereocenters. The third-order valence-corrected chi connectivity index (χ3v) is 3.41. The molecule has 0 saturated carbocycles. The number of nitrogens with one attached hydrogen (secondary N) is 1. The number of nitriles is 1. The summed E-state index contributed by atoms with van der Waals surface area (Å²) in [5.74, 6) is -0.292. The second-order valence-electron chi connectivity index (χ2n) is 3.47. The van der Waals surface area contributed by atoms with Gasteiger partial charge in [0.05, 0.1) is 11.8 Å². The summed E-state index contributed by atoms with van der Waals surface area (Å²) in [6.45, 7) is 1.98. The van der Waals surface area contributed by atoms with Crippen LogP contribution < -0.4 is 5.32 Å². The summed E-state index contributed by atoms with van der Waals surface area (Å²) in [4.78, 5) is 12.2. The molecule has 1 N–H and O–H groups in total. The van der Waals surface area contributed by atoms with Gasteiger partial charge in [0.25, 0.3) is 0 Å². The molecule has 0 fully saturated rings. The van der Waals surface area contributed by atoms with E-state index in [1.807, 2.05) is 31.2 Å². The van der Waals surface area contributed by atoms with Gasteiger partial charge in [0, 0.05) is 16.6 Å². The highest BCUT2D eigenvalue weighted by atomic mass is 35.5. The fourth-order valence-corrected chi connectivity index (χ4v) is 2.30. The molecule has 1 aromatic rings. The van der Waals surface area contributed by atoms with Gasteiger partial charge in [-0.3, -0.25) is 4.79 Å². The van der Waals surface area contributed by atoms with Crippen LogP contribution in [-0.2, 0) is 4.79 Å². The molecule has 17 heavy (non-hydrogen) atoms. The number of halogens is 1. The first kappa shape index (κ1) is 13.9. The number of rotatable bonds is 5. The molecule has 0 spiro atoms. The number of nitrogens with zero attached hydrogens (tertiary/aromatic N) is 1. The number of amides is 1. The third-order valence-electron chi connectivity index (χ3n) is 1.99. The molecule has 90 valence electrons. The first-order valence-corrected chi connectivity index (χ1v) is 6.57. The van der Waals surface area contributed by atoms with Crippen molar-refractivity contribution in [1.82, 2.24) is 0 Å². The fraction of sp³-hybridized carbons (Fsp3) is 0.333. The SMILES string of the molecule is CC(CC#N)Sc1ccccc1NC(=O)CCl. The normalized spacial score (nSPS) is 11.6. The van der Waals surface area contributed by atoms with Crippen molar-refractivity contribution in [3.63, 3.8) is 0 Å². The predicted molar refractivity (Wildman–Crippen MR) is 71.3 cm³/mol. The van der Waals surface area contributed by atoms with Crippen LogP contribution in [0.4, 0.5) is 5.69 Å². The molecule has 0 aliphatic carbocycles. The Morgan fingerprint density at radius 3 is 2.94 bits per heavy atom. The maximum atomic E-state index is 11.2. The van der Waals surface area contributed by atoms with Gasteiger partial charge in [0.1, 0.15) is 5.88 Å². The van der Waals surface area contributed by atoms with Crippen molar-refractivity contribution in [2.24, 2.45) is 0 Å². The van der Waals surface area contributed by atoms with Crippen LogP contribution in [0, 0.1) is 11.3 Å². The third kappa shape index (κ3) is 4.68. The maximum absolute atomic E-state index is 11.2. The van der Waals surface area contributed by atoms with Gasteiger partial charge in [-0.1, -0.05) is 19.1 Å². The minimum absolute atomic E-state index is 0.0627. The van der Waals surface area contributed by atoms with Crippen molar-refractivity contribution in [3.05, 3.63) is 24.3 Å². The molecular weight excluding hydrogens is 256 g/mol. The molecule has 1 amide bonds. The van der Waals surface area contributed by atoms with Gasteiger partial charge >= 0.3 is 0 Å². The van der Waals surface area contributed by atoms with E-state index in [0.717, 1.165) is 10.6 Å². The number of para-hydroxylation sites is 1. The topological polar surface area (TPSA) is 52.9 Å². The monoisotopic (exact) mass is 268 g/mol. The number of anilines is 1. The van der Waals surface area contributed by atoms with E-state index in [1.165, 1.54) is 0 Å². The molecule has 0 bridgehead atoms. The Hall–Kier alpha value is -1.18. The molecule has 0 heterocycles. The maximum Gasteiger partial charge on any atom is 0.239 e. The van der Waals surface area contributed by atoms with E-state index in [2.05, 4.69) is 11.4 Å². The molecule has 1 atom stereocenters. The van der Waals surface area contributed by atoms with Crippen molar-refractivity contribution in [1.29, 1.82) is 5.26 Å². The Morgan fingerprint density at radius 2 is 2.29 bits per heavy atom. The van der Waals surface area contributed by atoms with E-state index in [-0.39, 0.29) is 17.0 Å². The van der Waals surface area contributed by atoms with E-state index in [1.54, 1.807) is 11.8 Å². The molecule has 0 radical (unpaired) electrons. The quantitative estimate of drug-likeness (QED) is 0.659. The lowest BCUT2D eigenvalue weighted by molar-refractivity contribution is -0.113. The average molecular weight is 269 g/mol. The summed E-state index contributed by atoms with van der Waals surface area (Å²) in [6, 6.07) is 9.62. The second kappa shape index (κ2) is 7.21. The fourth-order valence-electron chi connectivity index (χ4n) is 1.24. The zero-order valence-corrected chi connectivity index (χ0v) is 11.0. The largest absolute Gasteiger partial charge is 0.324 e. The van der Waals surface area contributed by atoms with E-state index in [9.17, 15) is 4.79 Å². The Kier molecular flexibility index (Phi) is 5.88. The van der Waals surface area contributed by atoms with Crippen LogP contribution in [0.2, 0.25) is 0 Å². The zero-order valence-electron chi connectivity index (χ0n) is 9.44. The van der Waals surface area contributed by atoms with Crippen LogP contribution in [0.15, 0.2) is 29.2 Å². The molecule has 0 aromatic heterocycles. The molecule has 3 nitrogen and oxygen atoms in total. The summed E-state index contributed by atoms with van der Waals surface area (Å²) in [5, 5.41) is 11.5. The summed E-state index contributed by atoms with van der Waals surface area (Å²) in [7, 11) is 0. The van der Waals surface area contributed by atoms with Crippen LogP contribution >= 0.6 is 23.4 Å². The van der Waals surface area contributed by atoms with Gasteiger partial charge in [0.15, 0.2) is 0 Å². The molecule has 0 aliphatic rings. The minimum atomic E-state index is -0.229. The van der Waals surface area contributed by atoms with Crippen LogP contribution in [-0.4, -0.2) is 17.0 Å². The number of hydrogen-bond acceptors (Lipinski definition) is 3. The van der Waals surface area contributed by atoms with E-state index in [0.29, 0.717) is 6.42 Å². The molecular formula is C12H13ClN2OS. The van der Waals surface area contributed by atoms with Crippen molar-refractivity contribution in [2.45, 2.75) is 23.5 Å². The number of hydrogen-bond donors (Lipinski definition) is 1. The Labute approximate surface area is 110 Å². The number of benzene rings is 1. The van der Waals surface area contributed by atoms with Gasteiger partial charge in [-0.15, -0.1) is 23.4 Å². The molecule has 1 aromatic carbocycles. The van der Waals surface area contributed by atoms with Crippen LogP contribution in [0.5, 0.6) is 0 Å². The lowest BCUT2D eigenvalue weighted by Crippen LogP contribution is -2.13. The lowest BCUT2D eigenvalue weighted by atomic mass is 10.3. The van der Waals surface area contributed by atoms with Crippen molar-refractivity contribution in [2.75, 3.05) is 11.2 Å². The Balaban J connectivity index is 2.77. The standard InChI is InChI=1S/C12H13ClN2OS/c1-9(6-7-14)17-11-5-3-2-4-10(11)15-12(16)8-13/h2-5,9H,6,8H2,1H3,(H,15,16). The first-order chi connectivity index (χ1) is 8.17. The summed E-state index contributed by atoms with van der Waals surface area (Å²) >= 11 is 7.01. The summed E-state index contributed by atoms with van der Waals surface area (Å²) < 4.78 is 0. The zero-order chi connectivity index (χ0) is 12.7. The van der Waals surface area contributed by atoms with Crippen LogP contribution in [0.1, 0.15) is 13.3 Å². The molecule has 0 aliphatic heterocycles. The second-order valence-corrected chi connectivity index (χ2v) is 5.22. The van der Waals surface area contributed by atoms with Gasteiger partial charge in [-0.05, 0) is 12.1 Å². The Bertz CT molecular complexity index is 431. The van der Waals surface area contributed by atoms with Gasteiger partial charge in [-0.25, -0.2) is 0 Å². The minimum Gasteiger partial charge on any atom is -0.324 e. The van der Waals surface area contributed by atoms with Crippen molar-refractivity contribution in [3.8, 4) is 6.07 Å². The smallest absolute Gasteiger partial charge is 0.239 e. The summed E-state index contributed by atoms with van der Waals surface area (Å²) in [5.41, 5.74) is 0.743. The van der Waals surface area contributed by atoms with Crippen molar-refractivity contribution >= 4 is 35.0 Å². The van der Waals surface area contributed by atoms with E-state index in [4.69, 9.17) is 16.9 Å². The number of alkyl halides is 1. The van der Waals surface area contributed by atoms with Gasteiger partial charge in [-0.2, -0.15) is 5.26 Å². The lowest BCUT2D eigenvalue weighted by Gasteiger charge is -2.12. The highest BCUT2D eigenvalue weighted by Crippen LogP contribution is 2.31. The van der Waals surface area contributed by atoms with Crippen LogP contribution in [0.3, 0.4) is 0 Å². The van der Waals surface area contributed by atoms with E-state index >= 15 is 0 Å². The number of carbonyl (C=O) groups excluding carboxylic acids is 1. The van der Waals surface area contributed by atoms with Crippen LogP contribution in [0.25, 0.3) is 0 Å². The van der Waals surface area contributed by atoms with E-state index < -0.39 is 0 Å². The number of carbonyl (C=O) groups is 1. The first-order valence-electron chi connectivity index (χ1n) is 5.15. The highest BCUT2D eigenvalue weighted by Gasteiger charge is 2.09. The van der Waals surface area contributed by atoms with Gasteiger partial charge < -0.3 is 5.32 Å². The average Bonchev–Trinajstić information content (AvgIpc) is 2.31. The molecule has 1 rings (SSSR count). The van der Waals surface area contributed by atoms with Gasteiger partial charge in [0.2, 0.25) is 5.91 Å². The highest BCUT2D eigenvalue weighted by molar-refractivity contribution is 8.00. The predicted octanol–water partition coefficient (Wildman–Crippen LogP) is 3.26. The van der Waals surface area contributed by atoms with Crippen molar-refractivity contribution < 1.29 is 4.79 Å². The summed E-state index contributed by atoms with van der Waals surface area (Å²) in [6.07, 6.45) is 0.475.